The van der Waals surface area contributed by atoms with Gasteiger partial charge in [-0.1, -0.05) is 32.1 Å². The Balaban J connectivity index is 1.63. The van der Waals surface area contributed by atoms with Crippen LogP contribution >= 0.6 is 0 Å². The first-order valence-electron chi connectivity index (χ1n) is 10.9. The molecular formula is C23H27FN6O4. The summed E-state index contributed by atoms with van der Waals surface area (Å²) < 4.78 is 22.5. The quantitative estimate of drug-likeness (QED) is 0.599. The van der Waals surface area contributed by atoms with Crippen LogP contribution in [0.1, 0.15) is 62.2 Å². The van der Waals surface area contributed by atoms with Gasteiger partial charge in [-0.05, 0) is 31.5 Å². The molecule has 3 aromatic rings. The number of aromatic hydroxyl groups is 1. The molecule has 0 saturated heterocycles. The zero-order valence-corrected chi connectivity index (χ0v) is 19.7. The highest BCUT2D eigenvalue weighted by Gasteiger charge is 2.34. The fourth-order valence-electron chi connectivity index (χ4n) is 3.71. The highest BCUT2D eigenvalue weighted by molar-refractivity contribution is 5.94. The SMILES string of the molecule is CC(C)(C)c1cn(-c2cc(F)ccc2CNC(=O)c2nc3n(c(=O)c2O)CCOC3(C)C)nn1. The zero-order chi connectivity index (χ0) is 24.8. The molecule has 0 saturated carbocycles. The summed E-state index contributed by atoms with van der Waals surface area (Å²) in [4.78, 5) is 29.8. The maximum atomic E-state index is 14.0. The van der Waals surface area contributed by atoms with Crippen molar-refractivity contribution in [1.82, 2.24) is 29.9 Å². The lowest BCUT2D eigenvalue weighted by molar-refractivity contribution is -0.0566. The average molecular weight is 471 g/mol. The topological polar surface area (TPSA) is 124 Å². The Morgan fingerprint density at radius 3 is 2.74 bits per heavy atom. The fourth-order valence-corrected chi connectivity index (χ4v) is 3.71. The van der Waals surface area contributed by atoms with E-state index in [9.17, 15) is 19.1 Å². The number of hydrogen-bond donors (Lipinski definition) is 2. The number of halogens is 1. The number of hydrogen-bond acceptors (Lipinski definition) is 7. The third-order valence-electron chi connectivity index (χ3n) is 5.67. The van der Waals surface area contributed by atoms with Gasteiger partial charge in [0.05, 0.1) is 30.7 Å². The van der Waals surface area contributed by atoms with Crippen LogP contribution < -0.4 is 10.9 Å². The van der Waals surface area contributed by atoms with E-state index in [2.05, 4.69) is 20.6 Å². The predicted molar refractivity (Wildman–Crippen MR) is 120 cm³/mol. The lowest BCUT2D eigenvalue weighted by Gasteiger charge is -2.32. The van der Waals surface area contributed by atoms with Crippen molar-refractivity contribution in [2.45, 2.75) is 58.7 Å². The Kier molecular flexibility index (Phi) is 5.76. The Morgan fingerprint density at radius 1 is 1.32 bits per heavy atom. The summed E-state index contributed by atoms with van der Waals surface area (Å²) in [6.07, 6.45) is 1.71. The minimum absolute atomic E-state index is 0.0292. The van der Waals surface area contributed by atoms with Crippen LogP contribution in [-0.2, 0) is 28.8 Å². The van der Waals surface area contributed by atoms with Crippen molar-refractivity contribution in [1.29, 1.82) is 0 Å². The Morgan fingerprint density at radius 2 is 2.06 bits per heavy atom. The fraction of sp³-hybridized carbons (Fsp3) is 0.435. The van der Waals surface area contributed by atoms with Crippen molar-refractivity contribution < 1.29 is 19.0 Å². The van der Waals surface area contributed by atoms with Gasteiger partial charge in [0.15, 0.2) is 5.69 Å². The molecule has 11 heteroatoms. The first-order valence-corrected chi connectivity index (χ1v) is 10.9. The summed E-state index contributed by atoms with van der Waals surface area (Å²) in [5, 5.41) is 21.3. The normalized spacial score (nSPS) is 15.1. The van der Waals surface area contributed by atoms with E-state index in [-0.39, 0.29) is 24.3 Å². The number of nitrogens with zero attached hydrogens (tertiary/aromatic N) is 5. The van der Waals surface area contributed by atoms with Crippen molar-refractivity contribution >= 4 is 5.91 Å². The number of carbonyl (C=O) groups is 1. The van der Waals surface area contributed by atoms with Gasteiger partial charge in [-0.3, -0.25) is 14.2 Å². The van der Waals surface area contributed by atoms with Crippen molar-refractivity contribution in [3.63, 3.8) is 0 Å². The lowest BCUT2D eigenvalue weighted by atomic mass is 9.93. The van der Waals surface area contributed by atoms with Crippen LogP contribution in [0.3, 0.4) is 0 Å². The van der Waals surface area contributed by atoms with E-state index in [1.807, 2.05) is 20.8 Å². The second kappa shape index (κ2) is 8.32. The third kappa shape index (κ3) is 4.30. The summed E-state index contributed by atoms with van der Waals surface area (Å²) in [6.45, 7) is 9.92. The standard InChI is InChI=1S/C23H27FN6O4/c1-22(2,3)16-12-30(28-27-16)15-10-14(24)7-6-13(15)11-25-19(32)17-18(31)20(33)29-8-9-34-23(4,5)21(29)26-17/h6-7,10,12,31H,8-9,11H2,1-5H3,(H,25,32). The molecule has 1 amide bonds. The number of amides is 1. The van der Waals surface area contributed by atoms with Crippen LogP contribution in [0.2, 0.25) is 0 Å². The molecule has 0 fully saturated rings. The molecule has 0 spiro atoms. The summed E-state index contributed by atoms with van der Waals surface area (Å²) in [7, 11) is 0. The monoisotopic (exact) mass is 470 g/mol. The van der Waals surface area contributed by atoms with E-state index in [0.29, 0.717) is 17.9 Å². The van der Waals surface area contributed by atoms with Gasteiger partial charge in [0.25, 0.3) is 11.5 Å². The third-order valence-corrected chi connectivity index (χ3v) is 5.67. The molecule has 0 unspecified atom stereocenters. The van der Waals surface area contributed by atoms with Crippen molar-refractivity contribution in [2.75, 3.05) is 6.61 Å². The number of ether oxygens (including phenoxy) is 1. The van der Waals surface area contributed by atoms with E-state index in [4.69, 9.17) is 4.74 Å². The lowest BCUT2D eigenvalue weighted by Crippen LogP contribution is -2.42. The van der Waals surface area contributed by atoms with Gasteiger partial charge in [0, 0.05) is 12.0 Å². The number of benzene rings is 1. The van der Waals surface area contributed by atoms with E-state index in [1.54, 1.807) is 20.0 Å². The number of carbonyl (C=O) groups excluding carboxylic acids is 1. The highest BCUT2D eigenvalue weighted by Crippen LogP contribution is 2.27. The zero-order valence-electron chi connectivity index (χ0n) is 19.7. The molecule has 0 atom stereocenters. The van der Waals surface area contributed by atoms with Crippen LogP contribution in [0.15, 0.2) is 29.2 Å². The molecule has 2 N–H and O–H groups in total. The number of nitrogens with one attached hydrogen (secondary N) is 1. The highest BCUT2D eigenvalue weighted by atomic mass is 19.1. The van der Waals surface area contributed by atoms with Crippen LogP contribution in [0.4, 0.5) is 4.39 Å². The van der Waals surface area contributed by atoms with Gasteiger partial charge < -0.3 is 15.2 Å². The van der Waals surface area contributed by atoms with Gasteiger partial charge in [-0.15, -0.1) is 5.10 Å². The maximum Gasteiger partial charge on any atom is 0.296 e. The van der Waals surface area contributed by atoms with Gasteiger partial charge in [0.2, 0.25) is 5.75 Å². The first-order chi connectivity index (χ1) is 15.9. The molecule has 1 aromatic carbocycles. The second-order valence-electron chi connectivity index (χ2n) is 9.70. The molecule has 3 heterocycles. The van der Waals surface area contributed by atoms with Gasteiger partial charge >= 0.3 is 0 Å². The minimum Gasteiger partial charge on any atom is -0.501 e. The van der Waals surface area contributed by atoms with Crippen LogP contribution in [-0.4, -0.2) is 42.2 Å². The molecule has 1 aliphatic heterocycles. The van der Waals surface area contributed by atoms with Crippen LogP contribution in [0, 0.1) is 5.82 Å². The molecule has 0 bridgehead atoms. The molecule has 180 valence electrons. The largest absolute Gasteiger partial charge is 0.501 e. The summed E-state index contributed by atoms with van der Waals surface area (Å²) in [5.41, 5.74) is -0.567. The van der Waals surface area contributed by atoms with Gasteiger partial charge in [0.1, 0.15) is 17.2 Å². The maximum absolute atomic E-state index is 14.0. The van der Waals surface area contributed by atoms with Crippen molar-refractivity contribution in [2.24, 2.45) is 0 Å². The molecular weight excluding hydrogens is 443 g/mol. The Bertz CT molecular complexity index is 1320. The van der Waals surface area contributed by atoms with E-state index < -0.39 is 34.3 Å². The molecule has 0 radical (unpaired) electrons. The van der Waals surface area contributed by atoms with Gasteiger partial charge in [-0.2, -0.15) is 0 Å². The Labute approximate surface area is 195 Å². The number of aromatic nitrogens is 5. The van der Waals surface area contributed by atoms with Crippen molar-refractivity contribution in [3.05, 3.63) is 63.3 Å². The number of rotatable bonds is 4. The summed E-state index contributed by atoms with van der Waals surface area (Å²) in [6, 6.07) is 4.09. The molecule has 34 heavy (non-hydrogen) atoms. The second-order valence-corrected chi connectivity index (χ2v) is 9.70. The average Bonchev–Trinajstić information content (AvgIpc) is 3.26. The van der Waals surface area contributed by atoms with E-state index >= 15 is 0 Å². The van der Waals surface area contributed by atoms with E-state index in [1.165, 1.54) is 27.4 Å². The van der Waals surface area contributed by atoms with Gasteiger partial charge in [-0.25, -0.2) is 14.1 Å². The Hall–Kier alpha value is -3.60. The molecule has 2 aromatic heterocycles. The first kappa shape index (κ1) is 23.6. The molecule has 0 aliphatic carbocycles. The van der Waals surface area contributed by atoms with Crippen LogP contribution in [0.5, 0.6) is 5.75 Å². The smallest absolute Gasteiger partial charge is 0.296 e. The predicted octanol–water partition coefficient (Wildman–Crippen LogP) is 2.16. The number of fused-ring (bicyclic) bond motifs is 1. The summed E-state index contributed by atoms with van der Waals surface area (Å²) >= 11 is 0. The van der Waals surface area contributed by atoms with E-state index in [0.717, 1.165) is 5.69 Å². The molecule has 10 nitrogen and oxygen atoms in total. The molecule has 4 rings (SSSR count). The molecule has 1 aliphatic rings. The van der Waals surface area contributed by atoms with Crippen molar-refractivity contribution in [3.8, 4) is 11.4 Å². The minimum atomic E-state index is -0.901. The van der Waals surface area contributed by atoms with Crippen LogP contribution in [0.25, 0.3) is 5.69 Å². The summed E-state index contributed by atoms with van der Waals surface area (Å²) in [5.74, 6) is -1.69.